The molecule has 4 aromatic rings. The number of fused-ring (bicyclic) bond motifs is 1. The van der Waals surface area contributed by atoms with Gasteiger partial charge in [0.25, 0.3) is 11.8 Å². The van der Waals surface area contributed by atoms with Crippen LogP contribution in [0.15, 0.2) is 54.7 Å². The van der Waals surface area contributed by atoms with Crippen LogP contribution in [0, 0.1) is 5.82 Å². The molecule has 3 heterocycles. The van der Waals surface area contributed by atoms with Crippen molar-refractivity contribution in [1.29, 1.82) is 0 Å². The van der Waals surface area contributed by atoms with Crippen molar-refractivity contribution in [3.05, 3.63) is 76.8 Å². The van der Waals surface area contributed by atoms with Gasteiger partial charge in [0.2, 0.25) is 0 Å². The van der Waals surface area contributed by atoms with E-state index >= 15 is 0 Å². The number of benzene rings is 2. The largest absolute Gasteiger partial charge is 0.350 e. The summed E-state index contributed by atoms with van der Waals surface area (Å²) in [7, 11) is 1.93. The fourth-order valence-electron chi connectivity index (χ4n) is 5.00. The van der Waals surface area contributed by atoms with Gasteiger partial charge in [0.05, 0.1) is 15.4 Å². The second-order valence-corrected chi connectivity index (χ2v) is 10.8. The van der Waals surface area contributed by atoms with Crippen LogP contribution in [0.25, 0.3) is 21.3 Å². The predicted octanol–water partition coefficient (Wildman–Crippen LogP) is 5.35. The third kappa shape index (κ3) is 4.30. The van der Waals surface area contributed by atoms with Crippen molar-refractivity contribution in [1.82, 2.24) is 19.8 Å². The van der Waals surface area contributed by atoms with Gasteiger partial charge >= 0.3 is 0 Å². The highest BCUT2D eigenvalue weighted by Gasteiger charge is 2.33. The van der Waals surface area contributed by atoms with E-state index in [1.165, 1.54) is 12.1 Å². The number of nitrogens with one attached hydrogen (secondary N) is 1. The first kappa shape index (κ1) is 22.9. The normalized spacial score (nSPS) is 17.9. The summed E-state index contributed by atoms with van der Waals surface area (Å²) in [6.07, 6.45) is 5.66. The summed E-state index contributed by atoms with van der Waals surface area (Å²) >= 11 is 1.54. The number of thiazole rings is 1. The van der Waals surface area contributed by atoms with Crippen LogP contribution in [0.2, 0.25) is 0 Å². The zero-order valence-corrected chi connectivity index (χ0v) is 20.9. The lowest BCUT2D eigenvalue weighted by atomic mass is 10.0. The molecule has 6 rings (SSSR count). The van der Waals surface area contributed by atoms with E-state index in [0.29, 0.717) is 30.3 Å². The van der Waals surface area contributed by atoms with E-state index in [2.05, 4.69) is 5.32 Å². The number of carbonyl (C=O) groups is 2. The minimum atomic E-state index is -0.306. The van der Waals surface area contributed by atoms with Crippen LogP contribution in [0.4, 0.5) is 4.39 Å². The Balaban J connectivity index is 1.22. The van der Waals surface area contributed by atoms with Crippen molar-refractivity contribution in [2.75, 3.05) is 13.1 Å². The number of para-hydroxylation sites is 1. The number of carbonyl (C=O) groups excluding carboxylic acids is 2. The van der Waals surface area contributed by atoms with Crippen LogP contribution in [-0.4, -0.2) is 45.4 Å². The van der Waals surface area contributed by atoms with Gasteiger partial charge in [0.15, 0.2) is 0 Å². The van der Waals surface area contributed by atoms with Crippen molar-refractivity contribution >= 4 is 34.1 Å². The third-order valence-corrected chi connectivity index (χ3v) is 8.33. The lowest BCUT2D eigenvalue weighted by Gasteiger charge is -2.33. The minimum Gasteiger partial charge on any atom is -0.350 e. The molecule has 0 unspecified atom stereocenters. The summed E-state index contributed by atoms with van der Waals surface area (Å²) in [4.78, 5) is 34.2. The fourth-order valence-corrected chi connectivity index (χ4v) is 6.23. The van der Waals surface area contributed by atoms with Gasteiger partial charge in [-0.25, -0.2) is 9.37 Å². The second-order valence-electron chi connectivity index (χ2n) is 9.75. The molecule has 1 N–H and O–H groups in total. The van der Waals surface area contributed by atoms with Crippen LogP contribution in [-0.2, 0) is 7.05 Å². The summed E-state index contributed by atoms with van der Waals surface area (Å²) in [5.74, 6) is -0.131. The molecule has 1 saturated heterocycles. The van der Waals surface area contributed by atoms with Crippen molar-refractivity contribution < 1.29 is 14.0 Å². The number of likely N-dealkylation sites (tertiary alicyclic amines) is 1. The highest BCUT2D eigenvalue weighted by molar-refractivity contribution is 7.15. The molecule has 0 spiro atoms. The van der Waals surface area contributed by atoms with Gasteiger partial charge in [0, 0.05) is 49.2 Å². The summed E-state index contributed by atoms with van der Waals surface area (Å²) in [6.45, 7) is 1.06. The quantitative estimate of drug-likeness (QED) is 0.400. The first-order valence-corrected chi connectivity index (χ1v) is 13.2. The van der Waals surface area contributed by atoms with Gasteiger partial charge in [0.1, 0.15) is 11.5 Å². The molecular formula is C28H27FN4O2S. The first-order valence-electron chi connectivity index (χ1n) is 12.4. The number of halogens is 1. The lowest BCUT2D eigenvalue weighted by molar-refractivity contribution is 0.0672. The molecule has 1 atom stereocenters. The molecule has 2 aromatic carbocycles. The highest BCUT2D eigenvalue weighted by Crippen LogP contribution is 2.45. The maximum Gasteiger partial charge on any atom is 0.274 e. The number of aromatic nitrogens is 2. The average molecular weight is 503 g/mol. The lowest BCUT2D eigenvalue weighted by Crippen LogP contribution is -2.49. The Labute approximate surface area is 212 Å². The zero-order valence-electron chi connectivity index (χ0n) is 20.0. The van der Waals surface area contributed by atoms with Crippen molar-refractivity contribution in [2.45, 2.75) is 37.6 Å². The van der Waals surface area contributed by atoms with Gasteiger partial charge in [-0.15, -0.1) is 11.3 Å². The van der Waals surface area contributed by atoms with Gasteiger partial charge < -0.3 is 14.8 Å². The summed E-state index contributed by atoms with van der Waals surface area (Å²) in [5, 5.41) is 5.06. The van der Waals surface area contributed by atoms with E-state index in [1.807, 2.05) is 42.1 Å². The monoisotopic (exact) mass is 502 g/mol. The van der Waals surface area contributed by atoms with Crippen LogP contribution in [0.3, 0.4) is 0 Å². The van der Waals surface area contributed by atoms with Crippen LogP contribution >= 0.6 is 11.3 Å². The van der Waals surface area contributed by atoms with E-state index in [1.54, 1.807) is 28.4 Å². The summed E-state index contributed by atoms with van der Waals surface area (Å²) in [6, 6.07) is 14.0. The molecule has 6 nitrogen and oxygen atoms in total. The molecule has 1 aliphatic carbocycles. The molecule has 0 radical (unpaired) electrons. The van der Waals surface area contributed by atoms with E-state index in [-0.39, 0.29) is 23.7 Å². The topological polar surface area (TPSA) is 67.2 Å². The Hall–Kier alpha value is -3.52. The third-order valence-electron chi connectivity index (χ3n) is 7.06. The molecular weight excluding hydrogens is 475 g/mol. The Morgan fingerprint density at radius 3 is 2.64 bits per heavy atom. The number of hydrogen-bond acceptors (Lipinski definition) is 4. The number of piperidine rings is 1. The van der Waals surface area contributed by atoms with Crippen LogP contribution < -0.4 is 5.32 Å². The molecule has 1 aliphatic heterocycles. The maximum absolute atomic E-state index is 13.7. The number of hydrogen-bond donors (Lipinski definition) is 1. The Morgan fingerprint density at radius 2 is 1.86 bits per heavy atom. The Bertz CT molecular complexity index is 1450. The molecule has 36 heavy (non-hydrogen) atoms. The van der Waals surface area contributed by atoms with Crippen molar-refractivity contribution in [2.24, 2.45) is 7.05 Å². The summed E-state index contributed by atoms with van der Waals surface area (Å²) < 4.78 is 15.5. The fraction of sp³-hybridized carbons (Fsp3) is 0.321. The maximum atomic E-state index is 13.7. The van der Waals surface area contributed by atoms with Crippen molar-refractivity contribution in [3.63, 3.8) is 0 Å². The van der Waals surface area contributed by atoms with Crippen LogP contribution in [0.5, 0.6) is 0 Å². The predicted molar refractivity (Wildman–Crippen MR) is 139 cm³/mol. The first-order chi connectivity index (χ1) is 17.5. The molecule has 2 fully saturated rings. The van der Waals surface area contributed by atoms with Gasteiger partial charge in [-0.1, -0.05) is 30.3 Å². The van der Waals surface area contributed by atoms with Gasteiger partial charge in [-0.3, -0.25) is 9.59 Å². The van der Waals surface area contributed by atoms with E-state index < -0.39 is 0 Å². The zero-order chi connectivity index (χ0) is 24.8. The smallest absolute Gasteiger partial charge is 0.274 e. The number of aryl methyl sites for hydroxylation is 1. The molecule has 8 heteroatoms. The van der Waals surface area contributed by atoms with E-state index in [4.69, 9.17) is 4.98 Å². The second kappa shape index (κ2) is 9.17. The van der Waals surface area contributed by atoms with E-state index in [0.717, 1.165) is 52.0 Å². The molecule has 184 valence electrons. The van der Waals surface area contributed by atoms with Crippen molar-refractivity contribution in [3.8, 4) is 10.4 Å². The summed E-state index contributed by atoms with van der Waals surface area (Å²) in [5.41, 5.74) is 2.90. The molecule has 2 aliphatic rings. The average Bonchev–Trinajstić information content (AvgIpc) is 3.56. The Morgan fingerprint density at radius 1 is 1.08 bits per heavy atom. The molecule has 2 aromatic heterocycles. The number of nitrogens with zero attached hydrogens (tertiary/aromatic N) is 3. The van der Waals surface area contributed by atoms with E-state index in [9.17, 15) is 14.0 Å². The van der Waals surface area contributed by atoms with Crippen LogP contribution in [0.1, 0.15) is 57.5 Å². The molecule has 0 bridgehead atoms. The molecule has 2 amide bonds. The van der Waals surface area contributed by atoms with Gasteiger partial charge in [-0.2, -0.15) is 0 Å². The minimum absolute atomic E-state index is 0.122. The van der Waals surface area contributed by atoms with Gasteiger partial charge in [-0.05, 0) is 49.4 Å². The highest BCUT2D eigenvalue weighted by atomic mass is 32.1. The molecule has 1 saturated carbocycles. The SMILES string of the molecule is Cn1cc(C(=O)N[C@@H]2CCCN(C(=O)c3nc(C4CC4)sc3-c3ccc(F)cc3)C2)c2ccccc21. The number of amides is 2. The number of rotatable bonds is 5. The Kier molecular flexibility index (Phi) is 5.84. The standard InChI is InChI=1S/C28H27FN4O2S/c1-32-16-22(21-6-2-3-7-23(21)32)26(34)30-20-5-4-14-33(15-20)28(35)24-25(17-10-12-19(29)13-11-17)36-27(31-24)18-8-9-18/h2-3,6-7,10-13,16,18,20H,4-5,8-9,14-15H2,1H3,(H,30,34)/t20-/m1/s1.